The highest BCUT2D eigenvalue weighted by Gasteiger charge is 2.67. The van der Waals surface area contributed by atoms with Crippen LogP contribution in [0.3, 0.4) is 0 Å². The molecule has 0 saturated carbocycles. The van der Waals surface area contributed by atoms with Gasteiger partial charge in [0, 0.05) is 0 Å². The summed E-state index contributed by atoms with van der Waals surface area (Å²) in [6, 6.07) is -2.10. The van der Waals surface area contributed by atoms with Crippen LogP contribution in [-0.2, 0) is 4.74 Å². The Morgan fingerprint density at radius 3 is 2.14 bits per heavy atom. The average molecular weight is 212 g/mol. The van der Waals surface area contributed by atoms with Crippen molar-refractivity contribution >= 4 is 7.85 Å². The predicted octanol–water partition coefficient (Wildman–Crippen LogP) is -1.47. The van der Waals surface area contributed by atoms with Gasteiger partial charge in [0.05, 0.1) is 12.6 Å². The molecule has 0 aromatic heterocycles. The van der Waals surface area contributed by atoms with E-state index in [2.05, 4.69) is 4.74 Å². The van der Waals surface area contributed by atoms with Crippen molar-refractivity contribution in [3.05, 3.63) is 0 Å². The van der Waals surface area contributed by atoms with Crippen molar-refractivity contribution in [3.63, 3.8) is 0 Å². The molecule has 0 aromatic rings. The van der Waals surface area contributed by atoms with Crippen LogP contribution in [-0.4, -0.2) is 59.8 Å². The zero-order valence-corrected chi connectivity index (χ0v) is 6.90. The maximum Gasteiger partial charge on any atom is 0.421 e. The lowest BCUT2D eigenvalue weighted by Gasteiger charge is -2.31. The Kier molecular flexibility index (Phi) is 2.83. The van der Waals surface area contributed by atoms with E-state index in [1.54, 1.807) is 0 Å². The van der Waals surface area contributed by atoms with Crippen molar-refractivity contribution in [2.24, 2.45) is 0 Å². The Hall–Kier alpha value is -0.305. The molecule has 80 valence electrons. The fourth-order valence-electron chi connectivity index (χ4n) is 1.29. The monoisotopic (exact) mass is 212 g/mol. The first-order chi connectivity index (χ1) is 6.25. The van der Waals surface area contributed by atoms with Gasteiger partial charge in [-0.05, 0) is 0 Å². The number of hydrogen-bond donors (Lipinski definition) is 3. The van der Waals surface area contributed by atoms with Crippen LogP contribution in [0.5, 0.6) is 0 Å². The minimum Gasteiger partial charge on any atom is -0.394 e. The molecule has 1 aliphatic rings. The van der Waals surface area contributed by atoms with Crippen LogP contribution in [0, 0.1) is 0 Å². The van der Waals surface area contributed by atoms with Crippen molar-refractivity contribution in [3.8, 4) is 0 Å². The van der Waals surface area contributed by atoms with Crippen molar-refractivity contribution in [2.75, 3.05) is 6.61 Å². The second-order valence-electron chi connectivity index (χ2n) is 3.05. The van der Waals surface area contributed by atoms with E-state index in [0.29, 0.717) is 0 Å². The number of rotatable bonds is 1. The van der Waals surface area contributed by atoms with E-state index in [1.165, 1.54) is 0 Å². The van der Waals surface area contributed by atoms with Crippen LogP contribution in [0.25, 0.3) is 0 Å². The van der Waals surface area contributed by atoms with Gasteiger partial charge in [0.1, 0.15) is 20.1 Å². The van der Waals surface area contributed by atoms with Crippen LogP contribution >= 0.6 is 0 Å². The standard InChI is InChI=1S/C6H8BF3O4/c7-4-5(13,6(8,9)10)3(12)2(1-11)14-4/h2-4,11-13H,1H2/t2?,3-,4-,5-/m1/s1. The van der Waals surface area contributed by atoms with Crippen molar-refractivity contribution in [1.82, 2.24) is 0 Å². The molecule has 3 N–H and O–H groups in total. The molecule has 0 amide bonds. The Morgan fingerprint density at radius 1 is 1.43 bits per heavy atom. The first-order valence-electron chi connectivity index (χ1n) is 3.74. The molecule has 1 rings (SSSR count). The van der Waals surface area contributed by atoms with Gasteiger partial charge in [0.2, 0.25) is 5.60 Å². The number of aliphatic hydroxyl groups is 3. The van der Waals surface area contributed by atoms with E-state index >= 15 is 0 Å². The molecule has 14 heavy (non-hydrogen) atoms. The summed E-state index contributed by atoms with van der Waals surface area (Å²) >= 11 is 0. The minimum absolute atomic E-state index is 0.854. The molecule has 0 spiro atoms. The van der Waals surface area contributed by atoms with Gasteiger partial charge >= 0.3 is 6.18 Å². The molecule has 1 aliphatic heterocycles. The molecule has 1 unspecified atom stereocenters. The summed E-state index contributed by atoms with van der Waals surface area (Å²) < 4.78 is 41.3. The van der Waals surface area contributed by atoms with Crippen molar-refractivity contribution in [1.29, 1.82) is 0 Å². The summed E-state index contributed by atoms with van der Waals surface area (Å²) in [7, 11) is 4.89. The predicted molar refractivity (Wildman–Crippen MR) is 38.5 cm³/mol. The highest BCUT2D eigenvalue weighted by molar-refractivity contribution is 6.12. The Bertz CT molecular complexity index is 224. The van der Waals surface area contributed by atoms with Gasteiger partial charge in [-0.1, -0.05) is 0 Å². The SMILES string of the molecule is [B][C@@H]1OC(CO)[C@@H](O)[C@]1(O)C(F)(F)F. The molecule has 4 nitrogen and oxygen atoms in total. The van der Waals surface area contributed by atoms with Gasteiger partial charge in [0.15, 0.2) is 0 Å². The van der Waals surface area contributed by atoms with Gasteiger partial charge in [-0.25, -0.2) is 0 Å². The number of ether oxygens (including phenoxy) is 1. The summed E-state index contributed by atoms with van der Waals surface area (Å²) in [6.07, 6.45) is -8.94. The van der Waals surface area contributed by atoms with E-state index in [0.717, 1.165) is 0 Å². The first kappa shape index (κ1) is 11.8. The molecule has 1 fully saturated rings. The maximum atomic E-state index is 12.3. The summed E-state index contributed by atoms with van der Waals surface area (Å²) in [5.74, 6) is 0. The van der Waals surface area contributed by atoms with Crippen LogP contribution < -0.4 is 0 Å². The van der Waals surface area contributed by atoms with Gasteiger partial charge in [-0.3, -0.25) is 0 Å². The Balaban J connectivity index is 2.99. The second kappa shape index (κ2) is 3.37. The average Bonchev–Trinajstić information content (AvgIpc) is 2.29. The quantitative estimate of drug-likeness (QED) is 0.464. The fourth-order valence-corrected chi connectivity index (χ4v) is 1.29. The van der Waals surface area contributed by atoms with Crippen LogP contribution in [0.4, 0.5) is 13.2 Å². The first-order valence-corrected chi connectivity index (χ1v) is 3.74. The van der Waals surface area contributed by atoms with E-state index in [4.69, 9.17) is 23.2 Å². The Morgan fingerprint density at radius 2 is 1.93 bits per heavy atom. The summed E-state index contributed by atoms with van der Waals surface area (Å²) in [4.78, 5) is 0. The van der Waals surface area contributed by atoms with E-state index in [1.807, 2.05) is 0 Å². The molecule has 0 aromatic carbocycles. The summed E-state index contributed by atoms with van der Waals surface area (Å²) in [5.41, 5.74) is -3.53. The van der Waals surface area contributed by atoms with Gasteiger partial charge in [-0.2, -0.15) is 13.2 Å². The second-order valence-corrected chi connectivity index (χ2v) is 3.05. The Labute approximate surface area is 78.7 Å². The number of aliphatic hydroxyl groups excluding tert-OH is 2. The summed E-state index contributed by atoms with van der Waals surface area (Å²) in [6.45, 7) is -0.854. The third kappa shape index (κ3) is 1.42. The van der Waals surface area contributed by atoms with E-state index in [9.17, 15) is 13.2 Å². The van der Waals surface area contributed by atoms with Crippen LogP contribution in [0.15, 0.2) is 0 Å². The van der Waals surface area contributed by atoms with Crippen LogP contribution in [0.2, 0.25) is 0 Å². The lowest BCUT2D eigenvalue weighted by Crippen LogP contribution is -2.59. The van der Waals surface area contributed by atoms with E-state index < -0.39 is 36.6 Å². The molecule has 1 heterocycles. The highest BCUT2D eigenvalue weighted by atomic mass is 19.4. The number of alkyl halides is 3. The van der Waals surface area contributed by atoms with E-state index in [-0.39, 0.29) is 0 Å². The highest BCUT2D eigenvalue weighted by Crippen LogP contribution is 2.42. The maximum absolute atomic E-state index is 12.3. The third-order valence-corrected chi connectivity index (χ3v) is 2.19. The largest absolute Gasteiger partial charge is 0.421 e. The number of hydrogen-bond acceptors (Lipinski definition) is 4. The molecule has 8 heteroatoms. The molecule has 0 bridgehead atoms. The normalized spacial score (nSPS) is 44.3. The third-order valence-electron chi connectivity index (χ3n) is 2.19. The van der Waals surface area contributed by atoms with Crippen molar-refractivity contribution in [2.45, 2.75) is 30.0 Å². The van der Waals surface area contributed by atoms with Gasteiger partial charge in [0.25, 0.3) is 0 Å². The number of halogens is 3. The molecular weight excluding hydrogens is 204 g/mol. The lowest BCUT2D eigenvalue weighted by molar-refractivity contribution is -0.284. The lowest BCUT2D eigenvalue weighted by atomic mass is 9.80. The molecule has 4 atom stereocenters. The zero-order valence-electron chi connectivity index (χ0n) is 6.90. The summed E-state index contributed by atoms with van der Waals surface area (Å²) in [5, 5.41) is 26.7. The fraction of sp³-hybridized carbons (Fsp3) is 1.00. The smallest absolute Gasteiger partial charge is 0.394 e. The molecule has 1 saturated heterocycles. The van der Waals surface area contributed by atoms with Gasteiger partial charge in [-0.15, -0.1) is 0 Å². The topological polar surface area (TPSA) is 69.9 Å². The molecule has 2 radical (unpaired) electrons. The molecular formula is C6H8BF3O4. The zero-order chi connectivity index (χ0) is 11.1. The minimum atomic E-state index is -5.12. The van der Waals surface area contributed by atoms with Gasteiger partial charge < -0.3 is 20.1 Å². The van der Waals surface area contributed by atoms with Crippen molar-refractivity contribution < 1.29 is 33.2 Å². The molecule has 0 aliphatic carbocycles. The van der Waals surface area contributed by atoms with Crippen LogP contribution in [0.1, 0.15) is 0 Å².